The fourth-order valence-electron chi connectivity index (χ4n) is 2.35. The molecule has 0 amide bonds. The lowest BCUT2D eigenvalue weighted by Gasteiger charge is -2.33. The van der Waals surface area contributed by atoms with Crippen LogP contribution in [-0.4, -0.2) is 11.8 Å². The van der Waals surface area contributed by atoms with Crippen LogP contribution in [0.4, 0.5) is 8.78 Å². The second-order valence-electron chi connectivity index (χ2n) is 4.25. The second kappa shape index (κ2) is 5.36. The van der Waals surface area contributed by atoms with Gasteiger partial charge in [-0.15, -0.1) is 0 Å². The highest BCUT2D eigenvalue weighted by molar-refractivity contribution is 7.99. The number of hydrogen-bond acceptors (Lipinski definition) is 2. The lowest BCUT2D eigenvalue weighted by Crippen LogP contribution is -2.33. The predicted octanol–water partition coefficient (Wildman–Crippen LogP) is 3.64. The molecule has 2 atom stereocenters. The highest BCUT2D eigenvalue weighted by Crippen LogP contribution is 2.40. The third kappa shape index (κ3) is 2.47. The SMILES string of the molecule is CCNC1c2cc(F)cc(F)c2CSC1CC. The van der Waals surface area contributed by atoms with Crippen molar-refractivity contribution >= 4 is 11.8 Å². The monoisotopic (exact) mass is 257 g/mol. The van der Waals surface area contributed by atoms with Crippen molar-refractivity contribution in [2.45, 2.75) is 37.3 Å². The third-order valence-electron chi connectivity index (χ3n) is 3.17. The Labute approximate surface area is 105 Å². The zero-order chi connectivity index (χ0) is 12.4. The number of benzene rings is 1. The summed E-state index contributed by atoms with van der Waals surface area (Å²) in [4.78, 5) is 0. The Morgan fingerprint density at radius 3 is 2.76 bits per heavy atom. The first-order valence-corrected chi connectivity index (χ1v) is 7.05. The maximum absolute atomic E-state index is 13.7. The first-order valence-electron chi connectivity index (χ1n) is 6.00. The molecule has 2 unspecified atom stereocenters. The smallest absolute Gasteiger partial charge is 0.130 e. The zero-order valence-electron chi connectivity index (χ0n) is 10.1. The molecule has 1 N–H and O–H groups in total. The van der Waals surface area contributed by atoms with Crippen LogP contribution in [0.5, 0.6) is 0 Å². The molecule has 1 aliphatic heterocycles. The van der Waals surface area contributed by atoms with E-state index in [-0.39, 0.29) is 6.04 Å². The summed E-state index contributed by atoms with van der Waals surface area (Å²) in [5.41, 5.74) is 1.46. The van der Waals surface area contributed by atoms with E-state index in [0.717, 1.165) is 24.6 Å². The highest BCUT2D eigenvalue weighted by atomic mass is 32.2. The van der Waals surface area contributed by atoms with E-state index in [2.05, 4.69) is 12.2 Å². The van der Waals surface area contributed by atoms with E-state index in [9.17, 15) is 8.78 Å². The van der Waals surface area contributed by atoms with Gasteiger partial charge in [0, 0.05) is 28.7 Å². The molecule has 0 spiro atoms. The van der Waals surface area contributed by atoms with Crippen molar-refractivity contribution < 1.29 is 8.78 Å². The molecular formula is C13H17F2NS. The summed E-state index contributed by atoms with van der Waals surface area (Å²) in [6.45, 7) is 4.93. The van der Waals surface area contributed by atoms with Crippen molar-refractivity contribution in [3.63, 3.8) is 0 Å². The maximum atomic E-state index is 13.7. The molecule has 0 saturated carbocycles. The van der Waals surface area contributed by atoms with Crippen molar-refractivity contribution in [2.24, 2.45) is 0 Å². The minimum Gasteiger partial charge on any atom is -0.309 e. The van der Waals surface area contributed by atoms with Gasteiger partial charge in [-0.25, -0.2) is 8.78 Å². The van der Waals surface area contributed by atoms with Gasteiger partial charge in [0.25, 0.3) is 0 Å². The molecule has 1 nitrogen and oxygen atoms in total. The Morgan fingerprint density at radius 1 is 1.35 bits per heavy atom. The van der Waals surface area contributed by atoms with Gasteiger partial charge in [0.15, 0.2) is 0 Å². The average Bonchev–Trinajstić information content (AvgIpc) is 2.30. The van der Waals surface area contributed by atoms with Gasteiger partial charge in [-0.3, -0.25) is 0 Å². The van der Waals surface area contributed by atoms with E-state index in [4.69, 9.17) is 0 Å². The minimum absolute atomic E-state index is 0.0592. The summed E-state index contributed by atoms with van der Waals surface area (Å²) in [6, 6.07) is 2.52. The Balaban J connectivity index is 2.43. The van der Waals surface area contributed by atoms with Gasteiger partial charge in [0.1, 0.15) is 11.6 Å². The summed E-state index contributed by atoms with van der Waals surface area (Å²) in [5.74, 6) is -0.252. The van der Waals surface area contributed by atoms with Crippen molar-refractivity contribution in [1.82, 2.24) is 5.32 Å². The van der Waals surface area contributed by atoms with Crippen LogP contribution in [0, 0.1) is 11.6 Å². The van der Waals surface area contributed by atoms with Crippen LogP contribution < -0.4 is 5.32 Å². The number of nitrogens with one attached hydrogen (secondary N) is 1. The van der Waals surface area contributed by atoms with Crippen LogP contribution >= 0.6 is 11.8 Å². The molecule has 17 heavy (non-hydrogen) atoms. The third-order valence-corrected chi connectivity index (χ3v) is 4.66. The van der Waals surface area contributed by atoms with Crippen LogP contribution in [-0.2, 0) is 5.75 Å². The molecular weight excluding hydrogens is 240 g/mol. The standard InChI is InChI=1S/C13H17F2NS/c1-3-12-13(16-4-2)9-5-8(14)6-11(15)10(9)7-17-12/h5-6,12-13,16H,3-4,7H2,1-2H3. The quantitative estimate of drug-likeness (QED) is 0.887. The number of rotatable bonds is 3. The fraction of sp³-hybridized carbons (Fsp3) is 0.538. The van der Waals surface area contributed by atoms with E-state index < -0.39 is 11.6 Å². The lowest BCUT2D eigenvalue weighted by molar-refractivity contribution is 0.496. The second-order valence-corrected chi connectivity index (χ2v) is 5.48. The zero-order valence-corrected chi connectivity index (χ0v) is 10.9. The summed E-state index contributed by atoms with van der Waals surface area (Å²) < 4.78 is 27.0. The summed E-state index contributed by atoms with van der Waals surface area (Å²) >= 11 is 1.75. The molecule has 1 aromatic carbocycles. The molecule has 1 aliphatic rings. The van der Waals surface area contributed by atoms with Gasteiger partial charge in [-0.2, -0.15) is 11.8 Å². The first-order chi connectivity index (χ1) is 8.17. The molecule has 1 aromatic rings. The van der Waals surface area contributed by atoms with Crippen molar-refractivity contribution in [1.29, 1.82) is 0 Å². The van der Waals surface area contributed by atoms with Gasteiger partial charge in [-0.05, 0) is 24.6 Å². The van der Waals surface area contributed by atoms with Gasteiger partial charge in [0.2, 0.25) is 0 Å². The summed E-state index contributed by atoms with van der Waals surface area (Å²) in [5, 5.41) is 3.73. The molecule has 1 heterocycles. The molecule has 0 fully saturated rings. The Hall–Kier alpha value is -0.610. The van der Waals surface area contributed by atoms with E-state index in [0.29, 0.717) is 16.6 Å². The number of fused-ring (bicyclic) bond motifs is 1. The summed E-state index contributed by atoms with van der Waals surface area (Å²) in [6.07, 6.45) is 1.000. The fourth-order valence-corrected chi connectivity index (χ4v) is 3.71. The van der Waals surface area contributed by atoms with Gasteiger partial charge < -0.3 is 5.32 Å². The Bertz CT molecular complexity index is 409. The molecule has 0 radical (unpaired) electrons. The topological polar surface area (TPSA) is 12.0 Å². The number of halogens is 2. The van der Waals surface area contributed by atoms with Crippen LogP contribution in [0.1, 0.15) is 37.4 Å². The van der Waals surface area contributed by atoms with Crippen molar-refractivity contribution in [2.75, 3.05) is 6.54 Å². The van der Waals surface area contributed by atoms with Gasteiger partial charge in [-0.1, -0.05) is 13.8 Å². The predicted molar refractivity (Wildman–Crippen MR) is 68.1 cm³/mol. The van der Waals surface area contributed by atoms with Crippen LogP contribution in [0.3, 0.4) is 0 Å². The molecule has 0 saturated heterocycles. The number of thioether (sulfide) groups is 1. The van der Waals surface area contributed by atoms with Crippen molar-refractivity contribution in [3.05, 3.63) is 34.9 Å². The highest BCUT2D eigenvalue weighted by Gasteiger charge is 2.30. The molecule has 2 rings (SSSR count). The van der Waals surface area contributed by atoms with E-state index >= 15 is 0 Å². The molecule has 0 aromatic heterocycles. The van der Waals surface area contributed by atoms with Gasteiger partial charge >= 0.3 is 0 Å². The van der Waals surface area contributed by atoms with E-state index in [1.54, 1.807) is 11.8 Å². The summed E-state index contributed by atoms with van der Waals surface area (Å²) in [7, 11) is 0. The molecule has 0 aliphatic carbocycles. The van der Waals surface area contributed by atoms with E-state index in [1.165, 1.54) is 6.07 Å². The molecule has 94 valence electrons. The van der Waals surface area contributed by atoms with Crippen molar-refractivity contribution in [3.8, 4) is 0 Å². The molecule has 4 heteroatoms. The largest absolute Gasteiger partial charge is 0.309 e. The van der Waals surface area contributed by atoms with Crippen LogP contribution in [0.25, 0.3) is 0 Å². The first kappa shape index (κ1) is 12.8. The molecule has 0 bridgehead atoms. The van der Waals surface area contributed by atoms with Crippen LogP contribution in [0.15, 0.2) is 12.1 Å². The Morgan fingerprint density at radius 2 is 2.12 bits per heavy atom. The minimum atomic E-state index is -0.481. The normalized spacial score (nSPS) is 23.5. The van der Waals surface area contributed by atoms with E-state index in [1.807, 2.05) is 6.92 Å². The van der Waals surface area contributed by atoms with Crippen LogP contribution in [0.2, 0.25) is 0 Å². The number of hydrogen-bond donors (Lipinski definition) is 1. The lowest BCUT2D eigenvalue weighted by atomic mass is 9.96. The Kier molecular flexibility index (Phi) is 4.05. The maximum Gasteiger partial charge on any atom is 0.130 e. The van der Waals surface area contributed by atoms with Gasteiger partial charge in [0.05, 0.1) is 0 Å². The average molecular weight is 257 g/mol.